The van der Waals surface area contributed by atoms with E-state index in [1.165, 1.54) is 0 Å². The predicted molar refractivity (Wildman–Crippen MR) is 78.9 cm³/mol. The van der Waals surface area contributed by atoms with Crippen LogP contribution in [0.2, 0.25) is 0 Å². The topological polar surface area (TPSA) is 35.5 Å². The lowest BCUT2D eigenvalue weighted by Gasteiger charge is -2.13. The van der Waals surface area contributed by atoms with E-state index in [0.717, 1.165) is 11.1 Å². The van der Waals surface area contributed by atoms with Gasteiger partial charge < -0.3 is 9.47 Å². The molecule has 2 rings (SSSR count). The number of carbonyl (C=O) groups excluding carboxylic acids is 1. The molecule has 2 aromatic carbocycles. The van der Waals surface area contributed by atoms with Gasteiger partial charge in [0.25, 0.3) is 0 Å². The van der Waals surface area contributed by atoms with E-state index in [9.17, 15) is 4.79 Å². The Morgan fingerprint density at radius 3 is 2.25 bits per heavy atom. The van der Waals surface area contributed by atoms with Gasteiger partial charge in [0.15, 0.2) is 0 Å². The van der Waals surface area contributed by atoms with E-state index in [1.807, 2.05) is 38.1 Å². The zero-order valence-corrected chi connectivity index (χ0v) is 12.2. The molecule has 0 heterocycles. The second kappa shape index (κ2) is 5.78. The number of rotatable bonds is 4. The molecule has 3 heteroatoms. The first-order valence-electron chi connectivity index (χ1n) is 6.41. The van der Waals surface area contributed by atoms with Gasteiger partial charge in [0.2, 0.25) is 5.78 Å². The summed E-state index contributed by atoms with van der Waals surface area (Å²) < 4.78 is 10.6. The number of ketones is 1. The molecule has 0 bridgehead atoms. The molecule has 20 heavy (non-hydrogen) atoms. The van der Waals surface area contributed by atoms with E-state index in [-0.39, 0.29) is 5.78 Å². The van der Waals surface area contributed by atoms with Crippen molar-refractivity contribution in [2.24, 2.45) is 0 Å². The van der Waals surface area contributed by atoms with Crippen LogP contribution in [0.3, 0.4) is 0 Å². The van der Waals surface area contributed by atoms with Crippen molar-refractivity contribution in [1.82, 2.24) is 0 Å². The highest BCUT2D eigenvalue weighted by Crippen LogP contribution is 2.29. The minimum atomic E-state index is -0.0863. The zero-order valence-electron chi connectivity index (χ0n) is 12.2. The van der Waals surface area contributed by atoms with Crippen molar-refractivity contribution >= 4 is 5.78 Å². The lowest BCUT2D eigenvalue weighted by atomic mass is 9.96. The molecule has 0 amide bonds. The lowest BCUT2D eigenvalue weighted by molar-refractivity contribution is 0.103. The van der Waals surface area contributed by atoms with Crippen molar-refractivity contribution in [3.63, 3.8) is 0 Å². The maximum Gasteiger partial charge on any atom is 0.200 e. The van der Waals surface area contributed by atoms with Gasteiger partial charge in [0.1, 0.15) is 11.5 Å². The van der Waals surface area contributed by atoms with Gasteiger partial charge in [0.05, 0.1) is 25.3 Å². The number of methoxy groups -OCH3 is 2. The van der Waals surface area contributed by atoms with E-state index >= 15 is 0 Å². The second-order valence-electron chi connectivity index (χ2n) is 4.69. The number of para-hydroxylation sites is 1. The molecule has 0 aliphatic rings. The largest absolute Gasteiger partial charge is 0.496 e. The van der Waals surface area contributed by atoms with Gasteiger partial charge in [-0.05, 0) is 43.2 Å². The molecule has 0 unspecified atom stereocenters. The summed E-state index contributed by atoms with van der Waals surface area (Å²) in [6.45, 7) is 3.89. The van der Waals surface area contributed by atoms with Crippen LogP contribution >= 0.6 is 0 Å². The first kappa shape index (κ1) is 14.1. The summed E-state index contributed by atoms with van der Waals surface area (Å²) in [5, 5.41) is 0. The van der Waals surface area contributed by atoms with Gasteiger partial charge in [-0.2, -0.15) is 0 Å². The third kappa shape index (κ3) is 2.52. The molecule has 0 saturated heterocycles. The SMILES string of the molecule is COc1ccccc1C(=O)c1c(C)cc(C)cc1OC. The van der Waals surface area contributed by atoms with Gasteiger partial charge in [0, 0.05) is 0 Å². The van der Waals surface area contributed by atoms with Crippen LogP contribution in [0.5, 0.6) is 11.5 Å². The highest BCUT2D eigenvalue weighted by molar-refractivity contribution is 6.13. The molecule has 0 radical (unpaired) electrons. The molecule has 0 aliphatic carbocycles. The number of hydrogen-bond donors (Lipinski definition) is 0. The van der Waals surface area contributed by atoms with E-state index < -0.39 is 0 Å². The molecule has 0 aromatic heterocycles. The van der Waals surface area contributed by atoms with Crippen LogP contribution in [-0.2, 0) is 0 Å². The smallest absolute Gasteiger partial charge is 0.200 e. The highest BCUT2D eigenvalue weighted by atomic mass is 16.5. The van der Waals surface area contributed by atoms with Crippen molar-refractivity contribution < 1.29 is 14.3 Å². The molecule has 3 nitrogen and oxygen atoms in total. The minimum Gasteiger partial charge on any atom is -0.496 e. The predicted octanol–water partition coefficient (Wildman–Crippen LogP) is 3.55. The summed E-state index contributed by atoms with van der Waals surface area (Å²) in [4.78, 5) is 12.8. The summed E-state index contributed by atoms with van der Waals surface area (Å²) in [7, 11) is 3.14. The zero-order chi connectivity index (χ0) is 14.7. The van der Waals surface area contributed by atoms with Crippen LogP contribution in [-0.4, -0.2) is 20.0 Å². The van der Waals surface area contributed by atoms with Gasteiger partial charge in [-0.25, -0.2) is 0 Å². The standard InChI is InChI=1S/C17H18O3/c1-11-9-12(2)16(15(10-11)20-4)17(18)13-7-5-6-8-14(13)19-3/h5-10H,1-4H3. The fraction of sp³-hybridized carbons (Fsp3) is 0.235. The Balaban J connectivity index is 2.59. The van der Waals surface area contributed by atoms with Crippen molar-refractivity contribution in [2.45, 2.75) is 13.8 Å². The summed E-state index contributed by atoms with van der Waals surface area (Å²) in [5.41, 5.74) is 3.09. The van der Waals surface area contributed by atoms with Crippen molar-refractivity contribution in [1.29, 1.82) is 0 Å². The highest BCUT2D eigenvalue weighted by Gasteiger charge is 2.20. The lowest BCUT2D eigenvalue weighted by Crippen LogP contribution is -2.08. The quantitative estimate of drug-likeness (QED) is 0.797. The average molecular weight is 270 g/mol. The monoisotopic (exact) mass is 270 g/mol. The van der Waals surface area contributed by atoms with Gasteiger partial charge in [-0.15, -0.1) is 0 Å². The van der Waals surface area contributed by atoms with E-state index in [2.05, 4.69) is 0 Å². The summed E-state index contributed by atoms with van der Waals surface area (Å²) in [6.07, 6.45) is 0. The second-order valence-corrected chi connectivity index (χ2v) is 4.69. The first-order chi connectivity index (χ1) is 9.58. The van der Waals surface area contributed by atoms with Crippen LogP contribution in [0.4, 0.5) is 0 Å². The third-order valence-corrected chi connectivity index (χ3v) is 3.24. The number of carbonyl (C=O) groups is 1. The maximum absolute atomic E-state index is 12.8. The average Bonchev–Trinajstić information content (AvgIpc) is 2.45. The van der Waals surface area contributed by atoms with Gasteiger partial charge >= 0.3 is 0 Å². The van der Waals surface area contributed by atoms with Gasteiger partial charge in [-0.1, -0.05) is 18.2 Å². The molecule has 0 spiro atoms. The Bertz CT molecular complexity index is 645. The Morgan fingerprint density at radius 2 is 1.60 bits per heavy atom. The Morgan fingerprint density at radius 1 is 0.950 bits per heavy atom. The number of hydrogen-bond acceptors (Lipinski definition) is 3. The Labute approximate surface area is 119 Å². The molecule has 0 aliphatic heterocycles. The van der Waals surface area contributed by atoms with Crippen molar-refractivity contribution in [3.8, 4) is 11.5 Å². The van der Waals surface area contributed by atoms with Crippen molar-refractivity contribution in [2.75, 3.05) is 14.2 Å². The molecule has 0 fully saturated rings. The van der Waals surface area contributed by atoms with Crippen molar-refractivity contribution in [3.05, 3.63) is 58.7 Å². The van der Waals surface area contributed by atoms with Crippen LogP contribution in [0.1, 0.15) is 27.0 Å². The van der Waals surface area contributed by atoms with E-state index in [0.29, 0.717) is 22.6 Å². The normalized spacial score (nSPS) is 10.2. The summed E-state index contributed by atoms with van der Waals surface area (Å²) in [5.74, 6) is 1.08. The number of aryl methyl sites for hydroxylation is 2. The molecule has 104 valence electrons. The minimum absolute atomic E-state index is 0.0863. The Hall–Kier alpha value is -2.29. The number of benzene rings is 2. The van der Waals surface area contributed by atoms with E-state index in [4.69, 9.17) is 9.47 Å². The van der Waals surface area contributed by atoms with Gasteiger partial charge in [-0.3, -0.25) is 4.79 Å². The first-order valence-corrected chi connectivity index (χ1v) is 6.41. The molecule has 2 aromatic rings. The number of ether oxygens (including phenoxy) is 2. The van der Waals surface area contributed by atoms with Crippen LogP contribution in [0, 0.1) is 13.8 Å². The fourth-order valence-corrected chi connectivity index (χ4v) is 2.35. The van der Waals surface area contributed by atoms with Crippen LogP contribution in [0.15, 0.2) is 36.4 Å². The molecule has 0 saturated carbocycles. The molecular weight excluding hydrogens is 252 g/mol. The summed E-state index contributed by atoms with van der Waals surface area (Å²) >= 11 is 0. The molecule has 0 N–H and O–H groups in total. The Kier molecular flexibility index (Phi) is 4.08. The van der Waals surface area contributed by atoms with Crippen LogP contribution < -0.4 is 9.47 Å². The third-order valence-electron chi connectivity index (χ3n) is 3.24. The van der Waals surface area contributed by atoms with Crippen LogP contribution in [0.25, 0.3) is 0 Å². The van der Waals surface area contributed by atoms with E-state index in [1.54, 1.807) is 26.4 Å². The molecule has 0 atom stereocenters. The maximum atomic E-state index is 12.8. The fourth-order valence-electron chi connectivity index (χ4n) is 2.35. The molecular formula is C17H18O3. The summed E-state index contributed by atoms with van der Waals surface area (Å²) in [6, 6.07) is 11.1.